The van der Waals surface area contributed by atoms with Gasteiger partial charge in [-0.15, -0.1) is 0 Å². The summed E-state index contributed by atoms with van der Waals surface area (Å²) in [5.74, 6) is -0.225. The van der Waals surface area contributed by atoms with Gasteiger partial charge in [0.15, 0.2) is 0 Å². The highest BCUT2D eigenvalue weighted by Gasteiger charge is 2.14. The predicted octanol–water partition coefficient (Wildman–Crippen LogP) is 3.12. The second-order valence-electron chi connectivity index (χ2n) is 3.81. The highest BCUT2D eigenvalue weighted by atomic mass is 79.9. The van der Waals surface area contributed by atoms with E-state index < -0.39 is 0 Å². The molecular formula is C14H16BrNO2. The maximum atomic E-state index is 11.5. The molecule has 0 unspecified atom stereocenters. The first kappa shape index (κ1) is 14.7. The fraction of sp³-hybridized carbons (Fsp3) is 0.429. The molecule has 0 fully saturated rings. The van der Waals surface area contributed by atoms with Crippen molar-refractivity contribution in [3.63, 3.8) is 0 Å². The molecule has 0 N–H and O–H groups in total. The zero-order valence-electron chi connectivity index (χ0n) is 10.6. The van der Waals surface area contributed by atoms with Crippen molar-refractivity contribution >= 4 is 21.9 Å². The number of nitriles is 1. The minimum Gasteiger partial charge on any atom is -0.466 e. The quantitative estimate of drug-likeness (QED) is 0.620. The number of carbonyl (C=O) groups excluding carboxylic acids is 1. The smallest absolute Gasteiger partial charge is 0.310 e. The number of benzene rings is 1. The maximum absolute atomic E-state index is 11.5. The minimum absolute atomic E-state index is 0.225. The Balaban J connectivity index is 3.13. The zero-order valence-corrected chi connectivity index (χ0v) is 12.2. The van der Waals surface area contributed by atoms with E-state index in [0.717, 1.165) is 23.1 Å². The van der Waals surface area contributed by atoms with E-state index in [1.165, 1.54) is 0 Å². The molecule has 4 heteroatoms. The normalized spacial score (nSPS) is 9.89. The van der Waals surface area contributed by atoms with Crippen LogP contribution in [0.2, 0.25) is 0 Å². The number of hydrogen-bond donors (Lipinski definition) is 0. The van der Waals surface area contributed by atoms with Crippen LogP contribution in [0.15, 0.2) is 12.1 Å². The van der Waals surface area contributed by atoms with Crippen LogP contribution in [0.4, 0.5) is 0 Å². The van der Waals surface area contributed by atoms with Gasteiger partial charge in [-0.05, 0) is 36.1 Å². The lowest BCUT2D eigenvalue weighted by molar-refractivity contribution is -0.142. The summed E-state index contributed by atoms with van der Waals surface area (Å²) in [5.41, 5.74) is 3.65. The molecule has 0 spiro atoms. The first-order chi connectivity index (χ1) is 8.67. The second-order valence-corrected chi connectivity index (χ2v) is 4.37. The van der Waals surface area contributed by atoms with Gasteiger partial charge in [-0.1, -0.05) is 28.9 Å². The van der Waals surface area contributed by atoms with E-state index in [4.69, 9.17) is 10.00 Å². The summed E-state index contributed by atoms with van der Waals surface area (Å²) in [6, 6.07) is 5.80. The Hall–Kier alpha value is -1.34. The second kappa shape index (κ2) is 7.17. The molecule has 1 aromatic carbocycles. The standard InChI is InChI=1S/C14H16BrNO2/c1-3-12-10(7-14(17)18-4-2)5-6-11(9-16)13(12)8-15/h5-6H,3-4,7-8H2,1-2H3. The van der Waals surface area contributed by atoms with Crippen molar-refractivity contribution in [2.75, 3.05) is 6.61 Å². The van der Waals surface area contributed by atoms with Crippen molar-refractivity contribution in [2.24, 2.45) is 0 Å². The highest BCUT2D eigenvalue weighted by Crippen LogP contribution is 2.23. The van der Waals surface area contributed by atoms with Crippen LogP contribution in [0, 0.1) is 11.3 Å². The summed E-state index contributed by atoms with van der Waals surface area (Å²) in [4.78, 5) is 11.5. The van der Waals surface area contributed by atoms with E-state index in [0.29, 0.717) is 17.5 Å². The lowest BCUT2D eigenvalue weighted by Crippen LogP contribution is -2.10. The topological polar surface area (TPSA) is 50.1 Å². The molecule has 0 atom stereocenters. The summed E-state index contributed by atoms with van der Waals surface area (Å²) in [6.07, 6.45) is 1.06. The third-order valence-electron chi connectivity index (χ3n) is 2.78. The molecule has 0 saturated heterocycles. The SMILES string of the molecule is CCOC(=O)Cc1ccc(C#N)c(CBr)c1CC. The van der Waals surface area contributed by atoms with Crippen molar-refractivity contribution in [3.05, 3.63) is 34.4 Å². The number of nitrogens with zero attached hydrogens (tertiary/aromatic N) is 1. The van der Waals surface area contributed by atoms with Crippen LogP contribution in [0.3, 0.4) is 0 Å². The number of alkyl halides is 1. The molecule has 0 radical (unpaired) electrons. The van der Waals surface area contributed by atoms with Crippen molar-refractivity contribution in [1.29, 1.82) is 5.26 Å². The van der Waals surface area contributed by atoms with Crippen LogP contribution in [-0.4, -0.2) is 12.6 Å². The average Bonchev–Trinajstić information content (AvgIpc) is 2.38. The van der Waals surface area contributed by atoms with Crippen LogP contribution in [0.1, 0.15) is 36.1 Å². The van der Waals surface area contributed by atoms with Gasteiger partial charge in [0, 0.05) is 5.33 Å². The number of hydrogen-bond acceptors (Lipinski definition) is 3. The van der Waals surface area contributed by atoms with Gasteiger partial charge in [0.1, 0.15) is 0 Å². The molecule has 1 rings (SSSR count). The number of ether oxygens (including phenoxy) is 1. The summed E-state index contributed by atoms with van der Waals surface area (Å²) in [7, 11) is 0. The minimum atomic E-state index is -0.225. The third-order valence-corrected chi connectivity index (χ3v) is 3.34. The Morgan fingerprint density at radius 1 is 1.39 bits per heavy atom. The Labute approximate surface area is 116 Å². The average molecular weight is 310 g/mol. The Morgan fingerprint density at radius 2 is 2.11 bits per heavy atom. The number of halogens is 1. The fourth-order valence-electron chi connectivity index (χ4n) is 1.97. The molecule has 0 aromatic heterocycles. The molecular weight excluding hydrogens is 294 g/mol. The number of carbonyl (C=O) groups is 1. The molecule has 18 heavy (non-hydrogen) atoms. The lowest BCUT2D eigenvalue weighted by Gasteiger charge is -2.13. The highest BCUT2D eigenvalue weighted by molar-refractivity contribution is 9.08. The predicted molar refractivity (Wildman–Crippen MR) is 73.5 cm³/mol. The van der Waals surface area contributed by atoms with Gasteiger partial charge >= 0.3 is 5.97 Å². The van der Waals surface area contributed by atoms with Crippen molar-refractivity contribution < 1.29 is 9.53 Å². The van der Waals surface area contributed by atoms with Gasteiger partial charge in [-0.25, -0.2) is 0 Å². The Kier molecular flexibility index (Phi) is 5.87. The van der Waals surface area contributed by atoms with Crippen molar-refractivity contribution in [3.8, 4) is 6.07 Å². The monoisotopic (exact) mass is 309 g/mol. The Bertz CT molecular complexity index is 477. The summed E-state index contributed by atoms with van der Waals surface area (Å²) in [5, 5.41) is 9.68. The van der Waals surface area contributed by atoms with Crippen LogP contribution in [0.5, 0.6) is 0 Å². The molecule has 0 aliphatic rings. The first-order valence-electron chi connectivity index (χ1n) is 5.93. The number of rotatable bonds is 5. The van der Waals surface area contributed by atoms with Gasteiger partial charge in [0.05, 0.1) is 24.7 Å². The molecule has 0 amide bonds. The van der Waals surface area contributed by atoms with E-state index in [9.17, 15) is 4.79 Å². The molecule has 0 heterocycles. The van der Waals surface area contributed by atoms with Gasteiger partial charge < -0.3 is 4.74 Å². The lowest BCUT2D eigenvalue weighted by atomic mass is 9.94. The van der Waals surface area contributed by atoms with Crippen LogP contribution in [-0.2, 0) is 27.7 Å². The molecule has 0 bridgehead atoms. The summed E-state index contributed by atoms with van der Waals surface area (Å²) >= 11 is 3.40. The molecule has 0 aliphatic carbocycles. The van der Waals surface area contributed by atoms with E-state index in [2.05, 4.69) is 22.0 Å². The largest absolute Gasteiger partial charge is 0.466 e. The van der Waals surface area contributed by atoms with E-state index in [-0.39, 0.29) is 12.4 Å². The van der Waals surface area contributed by atoms with Crippen LogP contribution < -0.4 is 0 Å². The molecule has 0 saturated carbocycles. The molecule has 0 aliphatic heterocycles. The van der Waals surface area contributed by atoms with E-state index in [1.54, 1.807) is 13.0 Å². The molecule has 1 aromatic rings. The Morgan fingerprint density at radius 3 is 2.61 bits per heavy atom. The zero-order chi connectivity index (χ0) is 13.5. The third kappa shape index (κ3) is 3.33. The van der Waals surface area contributed by atoms with Crippen molar-refractivity contribution in [1.82, 2.24) is 0 Å². The van der Waals surface area contributed by atoms with E-state index in [1.807, 2.05) is 13.0 Å². The fourth-order valence-corrected chi connectivity index (χ4v) is 2.61. The van der Waals surface area contributed by atoms with Crippen molar-refractivity contribution in [2.45, 2.75) is 32.0 Å². The molecule has 3 nitrogen and oxygen atoms in total. The van der Waals surface area contributed by atoms with Gasteiger partial charge in [0.25, 0.3) is 0 Å². The number of esters is 1. The first-order valence-corrected chi connectivity index (χ1v) is 7.05. The van der Waals surface area contributed by atoms with Gasteiger partial charge in [-0.3, -0.25) is 4.79 Å². The van der Waals surface area contributed by atoms with Gasteiger partial charge in [0.2, 0.25) is 0 Å². The summed E-state index contributed by atoms with van der Waals surface area (Å²) in [6.45, 7) is 4.21. The van der Waals surface area contributed by atoms with Crippen LogP contribution in [0.25, 0.3) is 0 Å². The summed E-state index contributed by atoms with van der Waals surface area (Å²) < 4.78 is 4.96. The molecule has 96 valence electrons. The van der Waals surface area contributed by atoms with E-state index >= 15 is 0 Å². The van der Waals surface area contributed by atoms with Gasteiger partial charge in [-0.2, -0.15) is 5.26 Å². The van der Waals surface area contributed by atoms with Crippen LogP contribution >= 0.6 is 15.9 Å². The maximum Gasteiger partial charge on any atom is 0.310 e.